The summed E-state index contributed by atoms with van der Waals surface area (Å²) in [5.74, 6) is 0.754. The largest absolute Gasteiger partial charge is 0.385 e. The van der Waals surface area contributed by atoms with E-state index >= 15 is 0 Å². The maximum absolute atomic E-state index is 12.4. The van der Waals surface area contributed by atoms with E-state index in [2.05, 4.69) is 37.5 Å². The number of amides is 1. The monoisotopic (exact) mass is 274 g/mol. The highest BCUT2D eigenvalue weighted by molar-refractivity contribution is 5.97. The zero-order chi connectivity index (χ0) is 14.5. The Morgan fingerprint density at radius 3 is 2.85 bits per heavy atom. The van der Waals surface area contributed by atoms with Gasteiger partial charge in [0.15, 0.2) is 0 Å². The molecule has 3 nitrogen and oxygen atoms in total. The number of carbonyl (C=O) groups is 1. The molecule has 1 aromatic rings. The molecule has 1 atom stereocenters. The molecule has 1 aromatic carbocycles. The second kappa shape index (κ2) is 6.78. The van der Waals surface area contributed by atoms with Gasteiger partial charge in [-0.05, 0) is 56.2 Å². The maximum atomic E-state index is 12.4. The Bertz CT molecular complexity index is 468. The van der Waals surface area contributed by atoms with Gasteiger partial charge in [-0.1, -0.05) is 19.9 Å². The van der Waals surface area contributed by atoms with Crippen molar-refractivity contribution in [2.75, 3.05) is 11.9 Å². The first kappa shape index (κ1) is 14.9. The molecule has 110 valence electrons. The highest BCUT2D eigenvalue weighted by Gasteiger charge is 2.18. The van der Waals surface area contributed by atoms with E-state index in [4.69, 9.17) is 0 Å². The lowest BCUT2D eigenvalue weighted by atomic mass is 9.96. The third-order valence-electron chi connectivity index (χ3n) is 3.89. The van der Waals surface area contributed by atoms with Gasteiger partial charge in [0.05, 0.1) is 0 Å². The van der Waals surface area contributed by atoms with Crippen molar-refractivity contribution >= 4 is 11.6 Å². The third kappa shape index (κ3) is 3.75. The molecule has 0 saturated carbocycles. The average molecular weight is 274 g/mol. The Balaban J connectivity index is 2.02. The summed E-state index contributed by atoms with van der Waals surface area (Å²) in [6.07, 6.45) is 4.28. The van der Waals surface area contributed by atoms with Gasteiger partial charge < -0.3 is 10.6 Å². The summed E-state index contributed by atoms with van der Waals surface area (Å²) in [5, 5.41) is 6.51. The number of hydrogen-bond donors (Lipinski definition) is 2. The number of carbonyl (C=O) groups excluding carboxylic acids is 1. The summed E-state index contributed by atoms with van der Waals surface area (Å²) < 4.78 is 0. The van der Waals surface area contributed by atoms with Crippen LogP contribution in [-0.2, 0) is 6.42 Å². The fourth-order valence-electron chi connectivity index (χ4n) is 2.68. The van der Waals surface area contributed by atoms with E-state index in [-0.39, 0.29) is 11.9 Å². The van der Waals surface area contributed by atoms with Crippen LogP contribution in [0.1, 0.15) is 56.0 Å². The number of nitrogens with one attached hydrogen (secondary N) is 2. The standard InChI is InChI=1S/C17H26N2O/c1-12(2)9-10-13(3)19-17(20)15-6-4-8-16-14(15)7-5-11-18-16/h4,6,8,12-13,18H,5,7,9-11H2,1-3H3,(H,19,20). The molecule has 1 amide bonds. The molecular formula is C17H26N2O. The molecule has 0 saturated heterocycles. The first-order valence-corrected chi connectivity index (χ1v) is 7.74. The van der Waals surface area contributed by atoms with Crippen molar-refractivity contribution in [3.8, 4) is 0 Å². The number of anilines is 1. The molecule has 1 aliphatic heterocycles. The van der Waals surface area contributed by atoms with Crippen LogP contribution in [0.3, 0.4) is 0 Å². The smallest absolute Gasteiger partial charge is 0.251 e. The van der Waals surface area contributed by atoms with Crippen LogP contribution in [0.25, 0.3) is 0 Å². The van der Waals surface area contributed by atoms with Crippen molar-refractivity contribution < 1.29 is 4.79 Å². The molecule has 20 heavy (non-hydrogen) atoms. The van der Waals surface area contributed by atoms with Crippen LogP contribution in [-0.4, -0.2) is 18.5 Å². The normalized spacial score (nSPS) is 15.4. The van der Waals surface area contributed by atoms with Crippen molar-refractivity contribution in [1.82, 2.24) is 5.32 Å². The number of benzene rings is 1. The zero-order valence-electron chi connectivity index (χ0n) is 12.8. The Morgan fingerprint density at radius 2 is 2.10 bits per heavy atom. The number of rotatable bonds is 5. The van der Waals surface area contributed by atoms with Crippen molar-refractivity contribution in [3.05, 3.63) is 29.3 Å². The molecule has 2 rings (SSSR count). The van der Waals surface area contributed by atoms with E-state index in [1.165, 1.54) is 5.56 Å². The second-order valence-corrected chi connectivity index (χ2v) is 6.21. The van der Waals surface area contributed by atoms with Gasteiger partial charge in [-0.3, -0.25) is 4.79 Å². The van der Waals surface area contributed by atoms with E-state index in [9.17, 15) is 4.79 Å². The molecule has 0 aliphatic carbocycles. The lowest BCUT2D eigenvalue weighted by molar-refractivity contribution is 0.0936. The summed E-state index contributed by atoms with van der Waals surface area (Å²) in [5.41, 5.74) is 3.14. The Labute approximate surface area is 122 Å². The molecule has 1 aliphatic rings. The molecule has 0 fully saturated rings. The van der Waals surface area contributed by atoms with Crippen molar-refractivity contribution in [2.24, 2.45) is 5.92 Å². The lowest BCUT2D eigenvalue weighted by Crippen LogP contribution is -2.33. The summed E-state index contributed by atoms with van der Waals surface area (Å²) in [4.78, 5) is 12.4. The minimum atomic E-state index is 0.0711. The molecule has 0 aromatic heterocycles. The number of hydrogen-bond acceptors (Lipinski definition) is 2. The Hall–Kier alpha value is -1.51. The summed E-state index contributed by atoms with van der Waals surface area (Å²) in [7, 11) is 0. The van der Waals surface area contributed by atoms with Crippen LogP contribution in [0.2, 0.25) is 0 Å². The predicted octanol–water partition coefficient (Wildman–Crippen LogP) is 3.60. The van der Waals surface area contributed by atoms with E-state index < -0.39 is 0 Å². The molecule has 3 heteroatoms. The predicted molar refractivity (Wildman–Crippen MR) is 84.3 cm³/mol. The maximum Gasteiger partial charge on any atom is 0.251 e. The lowest BCUT2D eigenvalue weighted by Gasteiger charge is -2.22. The van der Waals surface area contributed by atoms with E-state index in [1.54, 1.807) is 0 Å². The SMILES string of the molecule is CC(C)CCC(C)NC(=O)c1cccc2c1CCCN2. The third-order valence-corrected chi connectivity index (χ3v) is 3.89. The average Bonchev–Trinajstić information content (AvgIpc) is 2.44. The molecule has 0 radical (unpaired) electrons. The van der Waals surface area contributed by atoms with Crippen LogP contribution in [0.4, 0.5) is 5.69 Å². The Kier molecular flexibility index (Phi) is 5.05. The van der Waals surface area contributed by atoms with Gasteiger partial charge in [0.2, 0.25) is 0 Å². The van der Waals surface area contributed by atoms with E-state index in [1.807, 2.05) is 12.1 Å². The highest BCUT2D eigenvalue weighted by atomic mass is 16.1. The van der Waals surface area contributed by atoms with Gasteiger partial charge in [0, 0.05) is 23.8 Å². The van der Waals surface area contributed by atoms with Gasteiger partial charge in [0.1, 0.15) is 0 Å². The second-order valence-electron chi connectivity index (χ2n) is 6.21. The van der Waals surface area contributed by atoms with Crippen molar-refractivity contribution in [3.63, 3.8) is 0 Å². The molecule has 0 spiro atoms. The fourth-order valence-corrected chi connectivity index (χ4v) is 2.68. The van der Waals surface area contributed by atoms with Gasteiger partial charge in [-0.2, -0.15) is 0 Å². The van der Waals surface area contributed by atoms with Crippen LogP contribution in [0.15, 0.2) is 18.2 Å². The van der Waals surface area contributed by atoms with Crippen LogP contribution in [0, 0.1) is 5.92 Å². The van der Waals surface area contributed by atoms with Gasteiger partial charge in [-0.25, -0.2) is 0 Å². The van der Waals surface area contributed by atoms with Gasteiger partial charge >= 0.3 is 0 Å². The fraction of sp³-hybridized carbons (Fsp3) is 0.588. The minimum Gasteiger partial charge on any atom is -0.385 e. The van der Waals surface area contributed by atoms with E-state index in [0.29, 0.717) is 5.92 Å². The van der Waals surface area contributed by atoms with Crippen molar-refractivity contribution in [1.29, 1.82) is 0 Å². The van der Waals surface area contributed by atoms with Crippen LogP contribution >= 0.6 is 0 Å². The van der Waals surface area contributed by atoms with Crippen LogP contribution < -0.4 is 10.6 Å². The topological polar surface area (TPSA) is 41.1 Å². The minimum absolute atomic E-state index is 0.0711. The summed E-state index contributed by atoms with van der Waals surface area (Å²) >= 11 is 0. The Morgan fingerprint density at radius 1 is 1.30 bits per heavy atom. The highest BCUT2D eigenvalue weighted by Crippen LogP contribution is 2.25. The first-order valence-electron chi connectivity index (χ1n) is 7.74. The molecular weight excluding hydrogens is 248 g/mol. The van der Waals surface area contributed by atoms with E-state index in [0.717, 1.165) is 43.5 Å². The number of fused-ring (bicyclic) bond motifs is 1. The molecule has 1 unspecified atom stereocenters. The van der Waals surface area contributed by atoms with Gasteiger partial charge in [-0.15, -0.1) is 0 Å². The first-order chi connectivity index (χ1) is 9.58. The molecule has 0 bridgehead atoms. The van der Waals surface area contributed by atoms with Crippen molar-refractivity contribution in [2.45, 2.75) is 52.5 Å². The summed E-state index contributed by atoms with van der Waals surface area (Å²) in [6, 6.07) is 6.20. The molecule has 1 heterocycles. The summed E-state index contributed by atoms with van der Waals surface area (Å²) in [6.45, 7) is 7.53. The van der Waals surface area contributed by atoms with Gasteiger partial charge in [0.25, 0.3) is 5.91 Å². The zero-order valence-corrected chi connectivity index (χ0v) is 12.8. The molecule has 2 N–H and O–H groups in total. The quantitative estimate of drug-likeness (QED) is 0.861. The van der Waals surface area contributed by atoms with Crippen LogP contribution in [0.5, 0.6) is 0 Å².